The van der Waals surface area contributed by atoms with Gasteiger partial charge in [0.15, 0.2) is 5.96 Å². The van der Waals surface area contributed by atoms with E-state index in [1.165, 1.54) is 0 Å². The third-order valence-corrected chi connectivity index (χ3v) is 5.13. The fourth-order valence-corrected chi connectivity index (χ4v) is 3.31. The highest BCUT2D eigenvalue weighted by atomic mass is 127. The van der Waals surface area contributed by atoms with Crippen molar-refractivity contribution < 1.29 is 9.53 Å². The molecule has 2 aliphatic rings. The molecule has 2 fully saturated rings. The Morgan fingerprint density at radius 1 is 1.21 bits per heavy atom. The van der Waals surface area contributed by atoms with Gasteiger partial charge in [-0.05, 0) is 63.3 Å². The van der Waals surface area contributed by atoms with Crippen LogP contribution in [0.2, 0.25) is 0 Å². The maximum absolute atomic E-state index is 11.5. The summed E-state index contributed by atoms with van der Waals surface area (Å²) in [6.45, 7) is 9.53. The molecule has 1 aliphatic carbocycles. The molecule has 0 aromatic heterocycles. The maximum Gasteiger partial charge on any atom is 0.219 e. The quantitative estimate of drug-likeness (QED) is 0.366. The molecule has 1 saturated heterocycles. The zero-order valence-electron chi connectivity index (χ0n) is 17.3. The number of ether oxygens (including phenoxy) is 1. The summed E-state index contributed by atoms with van der Waals surface area (Å²) in [5.41, 5.74) is 0.992. The van der Waals surface area contributed by atoms with Crippen LogP contribution in [0.3, 0.4) is 0 Å². The normalized spacial score (nSPS) is 22.5. The first-order valence-electron chi connectivity index (χ1n) is 10.0. The number of nitrogens with one attached hydrogen (secondary N) is 2. The predicted octanol–water partition coefficient (Wildman–Crippen LogP) is 3.87. The molecule has 1 saturated carbocycles. The summed E-state index contributed by atoms with van der Waals surface area (Å²) in [7, 11) is 0. The average molecular weight is 500 g/mol. The molecule has 1 amide bonds. The number of guanidine groups is 1. The number of piperidine rings is 1. The van der Waals surface area contributed by atoms with E-state index in [1.54, 1.807) is 6.92 Å². The summed E-state index contributed by atoms with van der Waals surface area (Å²) >= 11 is 0. The Kier molecular flexibility index (Phi) is 8.39. The molecular formula is C21H33IN4O2. The first-order valence-corrected chi connectivity index (χ1v) is 10.0. The Labute approximate surface area is 185 Å². The van der Waals surface area contributed by atoms with Crippen molar-refractivity contribution >= 4 is 41.5 Å². The standard InChI is InChI=1S/C21H32N4O2.HI/c1-14(2)27-19-7-5-17(6-8-19)22-21(24-20-13-15(20)3)23-18-9-11-25(12-10-18)16(4)26;/h5-8,14-15,18,20H,9-13H2,1-4H3,(H2,22,23,24);1H. The van der Waals surface area contributed by atoms with Crippen molar-refractivity contribution in [2.75, 3.05) is 18.4 Å². The number of aliphatic imine (C=N–C) groups is 1. The lowest BCUT2D eigenvalue weighted by Gasteiger charge is -2.32. The number of carbonyl (C=O) groups excluding carboxylic acids is 1. The summed E-state index contributed by atoms with van der Waals surface area (Å²) < 4.78 is 5.71. The first kappa shape index (κ1) is 22.8. The molecule has 1 heterocycles. The fourth-order valence-electron chi connectivity index (χ4n) is 3.31. The summed E-state index contributed by atoms with van der Waals surface area (Å²) in [5.74, 6) is 2.53. The van der Waals surface area contributed by atoms with Crippen LogP contribution in [0.4, 0.5) is 5.69 Å². The van der Waals surface area contributed by atoms with Crippen molar-refractivity contribution in [1.29, 1.82) is 0 Å². The van der Waals surface area contributed by atoms with Gasteiger partial charge in [0.1, 0.15) is 5.75 Å². The Balaban J connectivity index is 0.00000280. The van der Waals surface area contributed by atoms with Crippen molar-refractivity contribution in [3.05, 3.63) is 24.3 Å². The Morgan fingerprint density at radius 3 is 2.32 bits per heavy atom. The van der Waals surface area contributed by atoms with Gasteiger partial charge in [-0.2, -0.15) is 0 Å². The van der Waals surface area contributed by atoms with Crippen molar-refractivity contribution in [3.8, 4) is 5.75 Å². The Morgan fingerprint density at radius 2 is 1.82 bits per heavy atom. The number of hydrogen-bond acceptors (Lipinski definition) is 3. The number of likely N-dealkylation sites (tertiary alicyclic amines) is 1. The maximum atomic E-state index is 11.5. The highest BCUT2D eigenvalue weighted by molar-refractivity contribution is 14.0. The van der Waals surface area contributed by atoms with Crippen LogP contribution in [0.15, 0.2) is 29.3 Å². The van der Waals surface area contributed by atoms with Gasteiger partial charge in [-0.25, -0.2) is 4.99 Å². The van der Waals surface area contributed by atoms with Crippen LogP contribution in [0, 0.1) is 5.92 Å². The van der Waals surface area contributed by atoms with Crippen LogP contribution in [0.5, 0.6) is 5.75 Å². The minimum absolute atomic E-state index is 0. The van der Waals surface area contributed by atoms with Gasteiger partial charge >= 0.3 is 0 Å². The van der Waals surface area contributed by atoms with Gasteiger partial charge in [0, 0.05) is 31.7 Å². The summed E-state index contributed by atoms with van der Waals surface area (Å²) in [5, 5.41) is 7.01. The number of rotatable bonds is 5. The van der Waals surface area contributed by atoms with Crippen LogP contribution in [-0.2, 0) is 4.79 Å². The van der Waals surface area contributed by atoms with Gasteiger partial charge in [-0.3, -0.25) is 4.79 Å². The molecule has 3 rings (SSSR count). The smallest absolute Gasteiger partial charge is 0.219 e. The minimum Gasteiger partial charge on any atom is -0.491 e. The van der Waals surface area contributed by atoms with E-state index in [9.17, 15) is 4.79 Å². The largest absolute Gasteiger partial charge is 0.491 e. The highest BCUT2D eigenvalue weighted by Crippen LogP contribution is 2.33. The second-order valence-electron chi connectivity index (χ2n) is 8.00. The number of halogens is 1. The SMILES string of the molecule is CC(=O)N1CCC(NC(=NC2CC2C)Nc2ccc(OC(C)C)cc2)CC1.I. The number of anilines is 1. The Hall–Kier alpha value is -1.51. The van der Waals surface area contributed by atoms with Crippen molar-refractivity contribution in [2.24, 2.45) is 10.9 Å². The molecule has 2 atom stereocenters. The van der Waals surface area contributed by atoms with Crippen molar-refractivity contribution in [3.63, 3.8) is 0 Å². The molecule has 2 N–H and O–H groups in total. The summed E-state index contributed by atoms with van der Waals surface area (Å²) in [4.78, 5) is 18.3. The third-order valence-electron chi connectivity index (χ3n) is 5.13. The number of hydrogen-bond donors (Lipinski definition) is 2. The predicted molar refractivity (Wildman–Crippen MR) is 125 cm³/mol. The van der Waals surface area contributed by atoms with E-state index in [0.717, 1.165) is 49.7 Å². The number of nitrogens with zero attached hydrogens (tertiary/aromatic N) is 2. The summed E-state index contributed by atoms with van der Waals surface area (Å²) in [6, 6.07) is 8.73. The molecule has 0 spiro atoms. The van der Waals surface area contributed by atoms with Gasteiger partial charge in [0.05, 0.1) is 12.1 Å². The number of benzene rings is 1. The van der Waals surface area contributed by atoms with Crippen molar-refractivity contribution in [1.82, 2.24) is 10.2 Å². The molecule has 2 unspecified atom stereocenters. The number of carbonyl (C=O) groups is 1. The van der Waals surface area contributed by atoms with Gasteiger partial charge in [-0.15, -0.1) is 24.0 Å². The van der Waals surface area contributed by atoms with Crippen LogP contribution >= 0.6 is 24.0 Å². The van der Waals surface area contributed by atoms with Crippen LogP contribution in [-0.4, -0.2) is 48.0 Å². The lowest BCUT2D eigenvalue weighted by Crippen LogP contribution is -2.47. The number of amides is 1. The topological polar surface area (TPSA) is 66.0 Å². The lowest BCUT2D eigenvalue weighted by atomic mass is 10.1. The van der Waals surface area contributed by atoms with Gasteiger partial charge in [0.2, 0.25) is 5.91 Å². The van der Waals surface area contributed by atoms with Gasteiger partial charge in [0.25, 0.3) is 0 Å². The molecule has 0 bridgehead atoms. The van der Waals surface area contributed by atoms with Crippen LogP contribution in [0.1, 0.15) is 47.0 Å². The highest BCUT2D eigenvalue weighted by Gasteiger charge is 2.33. The van der Waals surface area contributed by atoms with E-state index in [4.69, 9.17) is 9.73 Å². The van der Waals surface area contributed by atoms with Gasteiger partial charge < -0.3 is 20.3 Å². The van der Waals surface area contributed by atoms with E-state index in [1.807, 2.05) is 43.0 Å². The Bertz CT molecular complexity index is 669. The lowest BCUT2D eigenvalue weighted by molar-refractivity contribution is -0.129. The third kappa shape index (κ3) is 6.83. The monoisotopic (exact) mass is 500 g/mol. The molecule has 7 heteroatoms. The molecule has 28 heavy (non-hydrogen) atoms. The van der Waals surface area contributed by atoms with Crippen LogP contribution < -0.4 is 15.4 Å². The van der Waals surface area contributed by atoms with E-state index >= 15 is 0 Å². The van der Waals surface area contributed by atoms with E-state index in [2.05, 4.69) is 17.6 Å². The average Bonchev–Trinajstić information content (AvgIpc) is 3.31. The summed E-state index contributed by atoms with van der Waals surface area (Å²) in [6.07, 6.45) is 3.21. The fraction of sp³-hybridized carbons (Fsp3) is 0.619. The van der Waals surface area contributed by atoms with E-state index in [-0.39, 0.29) is 36.0 Å². The molecule has 1 aliphatic heterocycles. The van der Waals surface area contributed by atoms with E-state index < -0.39 is 0 Å². The molecule has 156 valence electrons. The molecular weight excluding hydrogens is 467 g/mol. The van der Waals surface area contributed by atoms with Crippen molar-refractivity contribution in [2.45, 2.75) is 65.1 Å². The molecule has 6 nitrogen and oxygen atoms in total. The minimum atomic E-state index is 0. The second kappa shape index (κ2) is 10.3. The van der Waals surface area contributed by atoms with E-state index in [0.29, 0.717) is 18.0 Å². The molecule has 1 aromatic rings. The second-order valence-corrected chi connectivity index (χ2v) is 8.00. The van der Waals surface area contributed by atoms with Gasteiger partial charge in [-0.1, -0.05) is 6.92 Å². The molecule has 0 radical (unpaired) electrons. The molecule has 1 aromatic carbocycles. The first-order chi connectivity index (χ1) is 12.9. The van der Waals surface area contributed by atoms with Crippen LogP contribution in [0.25, 0.3) is 0 Å². The zero-order valence-corrected chi connectivity index (χ0v) is 19.6. The zero-order chi connectivity index (χ0) is 19.4.